The van der Waals surface area contributed by atoms with Crippen LogP contribution >= 0.6 is 0 Å². The Labute approximate surface area is 119 Å². The lowest BCUT2D eigenvalue weighted by molar-refractivity contribution is 0.0209. The van der Waals surface area contributed by atoms with E-state index in [1.165, 1.54) is 6.42 Å². The van der Waals surface area contributed by atoms with E-state index in [0.29, 0.717) is 11.6 Å². The second-order valence-corrected chi connectivity index (χ2v) is 5.56. The standard InChI is InChI=1S/C15H21N3O2/c1-12-8-13(11-19)9-16-15(12)18-3-2-14(10-18)17-4-6-20-7-5-17/h8-9,11,14H,2-7,10H2,1H3. The van der Waals surface area contributed by atoms with Gasteiger partial charge in [0.2, 0.25) is 0 Å². The number of aldehydes is 1. The van der Waals surface area contributed by atoms with Crippen LogP contribution in [0.3, 0.4) is 0 Å². The zero-order valence-electron chi connectivity index (χ0n) is 11.9. The van der Waals surface area contributed by atoms with Crippen molar-refractivity contribution in [2.75, 3.05) is 44.3 Å². The lowest BCUT2D eigenvalue weighted by Crippen LogP contribution is -2.44. The maximum absolute atomic E-state index is 10.8. The summed E-state index contributed by atoms with van der Waals surface area (Å²) in [4.78, 5) is 20.1. The molecule has 0 spiro atoms. The lowest BCUT2D eigenvalue weighted by Gasteiger charge is -2.32. The molecule has 1 aromatic rings. The Morgan fingerprint density at radius 3 is 2.85 bits per heavy atom. The largest absolute Gasteiger partial charge is 0.379 e. The molecule has 3 heterocycles. The van der Waals surface area contributed by atoms with Crippen LogP contribution in [0, 0.1) is 6.92 Å². The third kappa shape index (κ3) is 2.69. The molecule has 1 atom stereocenters. The van der Waals surface area contributed by atoms with E-state index in [2.05, 4.69) is 14.8 Å². The summed E-state index contributed by atoms with van der Waals surface area (Å²) < 4.78 is 5.41. The molecular weight excluding hydrogens is 254 g/mol. The van der Waals surface area contributed by atoms with Crippen LogP contribution in [0.5, 0.6) is 0 Å². The average Bonchev–Trinajstić information content (AvgIpc) is 2.97. The van der Waals surface area contributed by atoms with Crippen molar-refractivity contribution in [1.29, 1.82) is 0 Å². The summed E-state index contributed by atoms with van der Waals surface area (Å²) in [7, 11) is 0. The van der Waals surface area contributed by atoms with Gasteiger partial charge in [-0.15, -0.1) is 0 Å². The SMILES string of the molecule is Cc1cc(C=O)cnc1N1CCC(N2CCOCC2)C1. The zero-order valence-corrected chi connectivity index (χ0v) is 11.9. The molecule has 0 aliphatic carbocycles. The lowest BCUT2D eigenvalue weighted by atomic mass is 10.2. The Morgan fingerprint density at radius 1 is 1.35 bits per heavy atom. The minimum absolute atomic E-state index is 0.603. The van der Waals surface area contributed by atoms with Gasteiger partial charge < -0.3 is 9.64 Å². The molecule has 0 amide bonds. The molecule has 5 nitrogen and oxygen atoms in total. The number of rotatable bonds is 3. The first kappa shape index (κ1) is 13.5. The van der Waals surface area contributed by atoms with Crippen LogP contribution in [0.4, 0.5) is 5.82 Å². The molecule has 0 N–H and O–H groups in total. The van der Waals surface area contributed by atoms with E-state index in [-0.39, 0.29) is 0 Å². The van der Waals surface area contributed by atoms with Gasteiger partial charge in [-0.2, -0.15) is 0 Å². The predicted octanol–water partition coefficient (Wildman–Crippen LogP) is 1.11. The van der Waals surface area contributed by atoms with Crippen molar-refractivity contribution < 1.29 is 9.53 Å². The minimum atomic E-state index is 0.603. The predicted molar refractivity (Wildman–Crippen MR) is 77.4 cm³/mol. The van der Waals surface area contributed by atoms with Gasteiger partial charge in [0, 0.05) is 44.0 Å². The summed E-state index contributed by atoms with van der Waals surface area (Å²) in [6.45, 7) is 7.86. The smallest absolute Gasteiger partial charge is 0.151 e. The Morgan fingerprint density at radius 2 is 2.15 bits per heavy atom. The van der Waals surface area contributed by atoms with E-state index in [1.54, 1.807) is 6.20 Å². The first-order valence-electron chi connectivity index (χ1n) is 7.26. The van der Waals surface area contributed by atoms with Crippen LogP contribution < -0.4 is 4.90 Å². The molecule has 0 bridgehead atoms. The normalized spacial score (nSPS) is 24.1. The third-order valence-corrected chi connectivity index (χ3v) is 4.23. The van der Waals surface area contributed by atoms with Gasteiger partial charge in [0.05, 0.1) is 13.2 Å². The Kier molecular flexibility index (Phi) is 3.98. The molecule has 2 aliphatic heterocycles. The molecule has 5 heteroatoms. The number of carbonyl (C=O) groups excluding carboxylic acids is 1. The van der Waals surface area contributed by atoms with E-state index in [0.717, 1.165) is 57.1 Å². The number of nitrogens with zero attached hydrogens (tertiary/aromatic N) is 3. The van der Waals surface area contributed by atoms with Gasteiger partial charge in [-0.3, -0.25) is 9.69 Å². The van der Waals surface area contributed by atoms with Crippen molar-refractivity contribution in [3.05, 3.63) is 23.4 Å². The van der Waals surface area contributed by atoms with E-state index in [1.807, 2.05) is 13.0 Å². The Balaban J connectivity index is 1.68. The highest BCUT2D eigenvalue weighted by atomic mass is 16.5. The van der Waals surface area contributed by atoms with Gasteiger partial charge >= 0.3 is 0 Å². The van der Waals surface area contributed by atoms with Crippen LogP contribution in [0.1, 0.15) is 22.3 Å². The summed E-state index contributed by atoms with van der Waals surface area (Å²) in [5.74, 6) is 1.02. The number of hydrogen-bond donors (Lipinski definition) is 0. The van der Waals surface area contributed by atoms with Gasteiger partial charge in [-0.05, 0) is 25.0 Å². The molecule has 0 aromatic carbocycles. The van der Waals surface area contributed by atoms with Crippen LogP contribution in [-0.2, 0) is 4.74 Å². The average molecular weight is 275 g/mol. The van der Waals surface area contributed by atoms with Crippen molar-refractivity contribution in [3.8, 4) is 0 Å². The van der Waals surface area contributed by atoms with Crippen molar-refractivity contribution >= 4 is 12.1 Å². The van der Waals surface area contributed by atoms with Gasteiger partial charge in [-0.1, -0.05) is 0 Å². The number of carbonyl (C=O) groups is 1. The first-order chi connectivity index (χ1) is 9.78. The number of anilines is 1. The highest BCUT2D eigenvalue weighted by Crippen LogP contribution is 2.24. The summed E-state index contributed by atoms with van der Waals surface area (Å²) in [6.07, 6.45) is 3.69. The van der Waals surface area contributed by atoms with Crippen molar-refractivity contribution in [1.82, 2.24) is 9.88 Å². The summed E-state index contributed by atoms with van der Waals surface area (Å²) in [5, 5.41) is 0. The topological polar surface area (TPSA) is 45.7 Å². The number of aryl methyl sites for hydroxylation is 1. The first-order valence-corrected chi connectivity index (χ1v) is 7.26. The molecule has 0 radical (unpaired) electrons. The van der Waals surface area contributed by atoms with Crippen LogP contribution in [0.2, 0.25) is 0 Å². The van der Waals surface area contributed by atoms with Gasteiger partial charge in [0.15, 0.2) is 6.29 Å². The van der Waals surface area contributed by atoms with E-state index >= 15 is 0 Å². The fourth-order valence-corrected chi connectivity index (χ4v) is 3.16. The quantitative estimate of drug-likeness (QED) is 0.773. The molecule has 20 heavy (non-hydrogen) atoms. The van der Waals surface area contributed by atoms with Gasteiger partial charge in [0.1, 0.15) is 5.82 Å². The molecule has 3 rings (SSSR count). The molecule has 2 aliphatic rings. The molecule has 1 unspecified atom stereocenters. The second-order valence-electron chi connectivity index (χ2n) is 5.56. The summed E-state index contributed by atoms with van der Waals surface area (Å²) in [5.41, 5.74) is 1.73. The van der Waals surface area contributed by atoms with E-state index in [9.17, 15) is 4.79 Å². The fourth-order valence-electron chi connectivity index (χ4n) is 3.16. The van der Waals surface area contributed by atoms with Crippen molar-refractivity contribution in [3.63, 3.8) is 0 Å². The van der Waals surface area contributed by atoms with Crippen LogP contribution in [0.25, 0.3) is 0 Å². The molecule has 0 saturated carbocycles. The van der Waals surface area contributed by atoms with Crippen molar-refractivity contribution in [2.24, 2.45) is 0 Å². The van der Waals surface area contributed by atoms with Gasteiger partial charge in [-0.25, -0.2) is 4.98 Å². The Bertz CT molecular complexity index is 486. The molecular formula is C15H21N3O2. The summed E-state index contributed by atoms with van der Waals surface area (Å²) in [6, 6.07) is 2.52. The maximum atomic E-state index is 10.8. The third-order valence-electron chi connectivity index (χ3n) is 4.23. The second kappa shape index (κ2) is 5.89. The highest BCUT2D eigenvalue weighted by molar-refractivity contribution is 5.75. The monoisotopic (exact) mass is 275 g/mol. The van der Waals surface area contributed by atoms with Crippen LogP contribution in [0.15, 0.2) is 12.3 Å². The maximum Gasteiger partial charge on any atom is 0.151 e. The van der Waals surface area contributed by atoms with Gasteiger partial charge in [0.25, 0.3) is 0 Å². The fraction of sp³-hybridized carbons (Fsp3) is 0.600. The number of morpholine rings is 1. The minimum Gasteiger partial charge on any atom is -0.379 e. The molecule has 108 valence electrons. The molecule has 1 aromatic heterocycles. The number of pyridine rings is 1. The van der Waals surface area contributed by atoms with E-state index < -0.39 is 0 Å². The summed E-state index contributed by atoms with van der Waals surface area (Å²) >= 11 is 0. The van der Waals surface area contributed by atoms with Crippen LogP contribution in [-0.4, -0.2) is 61.6 Å². The number of ether oxygens (including phenoxy) is 1. The van der Waals surface area contributed by atoms with Crippen molar-refractivity contribution in [2.45, 2.75) is 19.4 Å². The molecule has 2 fully saturated rings. The number of hydrogen-bond acceptors (Lipinski definition) is 5. The molecule has 2 saturated heterocycles. The number of aromatic nitrogens is 1. The Hall–Kier alpha value is -1.46. The highest BCUT2D eigenvalue weighted by Gasteiger charge is 2.29. The zero-order chi connectivity index (χ0) is 13.9. The van der Waals surface area contributed by atoms with E-state index in [4.69, 9.17) is 4.74 Å².